The number of carbonyl (C=O) groups excluding carboxylic acids is 1. The summed E-state index contributed by atoms with van der Waals surface area (Å²) in [6.07, 6.45) is -4.37. The van der Waals surface area contributed by atoms with Crippen LogP contribution < -0.4 is 0 Å². The summed E-state index contributed by atoms with van der Waals surface area (Å²) in [5.74, 6) is -1.60. The molecule has 9 heteroatoms. The van der Waals surface area contributed by atoms with Crippen molar-refractivity contribution in [1.82, 2.24) is 9.88 Å². The quantitative estimate of drug-likeness (QED) is 0.902. The number of carboxylic acids is 1. The molecule has 1 aliphatic rings. The highest BCUT2D eigenvalue weighted by atomic mass is 19.4. The molecule has 0 saturated carbocycles. The SMILES string of the molecule is COCC1(C(=O)O)CCN(C(=O)c2ccc(C(F)(F)F)nc2C)C1. The van der Waals surface area contributed by atoms with E-state index in [0.29, 0.717) is 0 Å². The molecule has 0 aromatic carbocycles. The third-order valence-electron chi connectivity index (χ3n) is 4.12. The second kappa shape index (κ2) is 6.39. The largest absolute Gasteiger partial charge is 0.481 e. The Kier molecular flexibility index (Phi) is 4.84. The van der Waals surface area contributed by atoms with Crippen molar-refractivity contribution in [2.24, 2.45) is 5.41 Å². The number of hydrogen-bond acceptors (Lipinski definition) is 4. The minimum atomic E-state index is -4.59. The van der Waals surface area contributed by atoms with Gasteiger partial charge < -0.3 is 14.7 Å². The molecule has 1 amide bonds. The van der Waals surface area contributed by atoms with E-state index in [9.17, 15) is 27.9 Å². The van der Waals surface area contributed by atoms with Crippen LogP contribution in [-0.2, 0) is 15.7 Å². The van der Waals surface area contributed by atoms with Crippen LogP contribution in [0.15, 0.2) is 12.1 Å². The highest BCUT2D eigenvalue weighted by Crippen LogP contribution is 2.33. The number of ether oxygens (including phenoxy) is 1. The standard InChI is InChI=1S/C15H17F3N2O4/c1-9-10(3-4-11(19-9)15(16,17)18)12(21)20-6-5-14(7-20,8-24-2)13(22)23/h3-4H,5-8H2,1-2H3,(H,22,23). The summed E-state index contributed by atoms with van der Waals surface area (Å²) < 4.78 is 42.9. The van der Waals surface area contributed by atoms with Gasteiger partial charge in [-0.1, -0.05) is 0 Å². The molecule has 1 N–H and O–H groups in total. The Morgan fingerprint density at radius 2 is 2.08 bits per heavy atom. The van der Waals surface area contributed by atoms with Gasteiger partial charge in [0.05, 0.1) is 17.9 Å². The van der Waals surface area contributed by atoms with E-state index in [0.717, 1.165) is 12.1 Å². The van der Waals surface area contributed by atoms with Crippen molar-refractivity contribution in [2.75, 3.05) is 26.8 Å². The lowest BCUT2D eigenvalue weighted by Crippen LogP contribution is -2.40. The number of methoxy groups -OCH3 is 1. The number of pyridine rings is 1. The smallest absolute Gasteiger partial charge is 0.433 e. The van der Waals surface area contributed by atoms with Gasteiger partial charge in [0.15, 0.2) is 0 Å². The zero-order valence-electron chi connectivity index (χ0n) is 13.2. The number of rotatable bonds is 4. The minimum absolute atomic E-state index is 0.0293. The zero-order chi connectivity index (χ0) is 18.1. The molecule has 1 unspecified atom stereocenters. The number of aryl methyl sites for hydroxylation is 1. The third kappa shape index (κ3) is 3.35. The molecule has 1 aromatic rings. The monoisotopic (exact) mass is 346 g/mol. The van der Waals surface area contributed by atoms with E-state index < -0.39 is 29.2 Å². The molecule has 1 fully saturated rings. The van der Waals surface area contributed by atoms with Gasteiger partial charge in [-0.05, 0) is 25.5 Å². The Labute approximate surface area is 136 Å². The van der Waals surface area contributed by atoms with Crippen LogP contribution in [0, 0.1) is 12.3 Å². The van der Waals surface area contributed by atoms with Crippen molar-refractivity contribution in [2.45, 2.75) is 19.5 Å². The van der Waals surface area contributed by atoms with Crippen LogP contribution >= 0.6 is 0 Å². The van der Waals surface area contributed by atoms with E-state index in [2.05, 4.69) is 4.98 Å². The molecule has 0 aliphatic carbocycles. The summed E-state index contributed by atoms with van der Waals surface area (Å²) in [4.78, 5) is 28.7. The summed E-state index contributed by atoms with van der Waals surface area (Å²) in [5, 5.41) is 9.39. The van der Waals surface area contributed by atoms with Gasteiger partial charge in [-0.25, -0.2) is 4.98 Å². The van der Waals surface area contributed by atoms with E-state index in [1.807, 2.05) is 0 Å². The fourth-order valence-corrected chi connectivity index (χ4v) is 2.79. The second-order valence-electron chi connectivity index (χ2n) is 5.82. The Morgan fingerprint density at radius 1 is 1.42 bits per heavy atom. The first kappa shape index (κ1) is 18.2. The van der Waals surface area contributed by atoms with E-state index in [4.69, 9.17) is 4.74 Å². The minimum Gasteiger partial charge on any atom is -0.481 e. The molecule has 1 atom stereocenters. The first-order valence-electron chi connectivity index (χ1n) is 7.17. The average Bonchev–Trinajstić information content (AvgIpc) is 2.91. The van der Waals surface area contributed by atoms with Gasteiger partial charge in [-0.3, -0.25) is 9.59 Å². The maximum Gasteiger partial charge on any atom is 0.433 e. The van der Waals surface area contributed by atoms with E-state index >= 15 is 0 Å². The van der Waals surface area contributed by atoms with Crippen LogP contribution in [0.25, 0.3) is 0 Å². The summed E-state index contributed by atoms with van der Waals surface area (Å²) in [6.45, 7) is 1.40. The molecule has 2 heterocycles. The van der Waals surface area contributed by atoms with Crippen molar-refractivity contribution in [3.8, 4) is 0 Å². The predicted molar refractivity (Wildman–Crippen MR) is 76.4 cm³/mol. The van der Waals surface area contributed by atoms with Gasteiger partial charge >= 0.3 is 12.1 Å². The van der Waals surface area contributed by atoms with Gasteiger partial charge in [-0.2, -0.15) is 13.2 Å². The Bertz CT molecular complexity index is 663. The fourth-order valence-electron chi connectivity index (χ4n) is 2.79. The maximum atomic E-state index is 12.6. The average molecular weight is 346 g/mol. The van der Waals surface area contributed by atoms with Crippen LogP contribution in [0.3, 0.4) is 0 Å². The van der Waals surface area contributed by atoms with Gasteiger partial charge in [0.2, 0.25) is 0 Å². The van der Waals surface area contributed by atoms with Gasteiger partial charge in [0.25, 0.3) is 5.91 Å². The highest BCUT2D eigenvalue weighted by molar-refractivity contribution is 5.96. The number of likely N-dealkylation sites (tertiary alicyclic amines) is 1. The predicted octanol–water partition coefficient (Wildman–Crippen LogP) is 1.97. The van der Waals surface area contributed by atoms with Crippen LogP contribution in [0.1, 0.15) is 28.2 Å². The number of hydrogen-bond donors (Lipinski definition) is 1. The molecule has 24 heavy (non-hydrogen) atoms. The molecule has 0 spiro atoms. The molecular weight excluding hydrogens is 329 g/mol. The van der Waals surface area contributed by atoms with Crippen molar-refractivity contribution in [1.29, 1.82) is 0 Å². The fraction of sp³-hybridized carbons (Fsp3) is 0.533. The molecule has 1 aromatic heterocycles. The van der Waals surface area contributed by atoms with Crippen molar-refractivity contribution < 1.29 is 32.6 Å². The van der Waals surface area contributed by atoms with E-state index in [-0.39, 0.29) is 37.4 Å². The van der Waals surface area contributed by atoms with Crippen LogP contribution in [0.2, 0.25) is 0 Å². The lowest BCUT2D eigenvalue weighted by molar-refractivity contribution is -0.151. The first-order valence-corrected chi connectivity index (χ1v) is 7.17. The second-order valence-corrected chi connectivity index (χ2v) is 5.82. The number of aliphatic carboxylic acids is 1. The normalized spacial score (nSPS) is 21.1. The van der Waals surface area contributed by atoms with Crippen LogP contribution in [0.4, 0.5) is 13.2 Å². The lowest BCUT2D eigenvalue weighted by atomic mass is 9.88. The Balaban J connectivity index is 2.23. The Hall–Kier alpha value is -2.16. The summed E-state index contributed by atoms with van der Waals surface area (Å²) in [5.41, 5.74) is -2.29. The van der Waals surface area contributed by atoms with Gasteiger partial charge in [0, 0.05) is 20.2 Å². The molecule has 0 radical (unpaired) electrons. The van der Waals surface area contributed by atoms with Gasteiger partial charge in [0.1, 0.15) is 11.1 Å². The van der Waals surface area contributed by atoms with Crippen molar-refractivity contribution in [3.05, 3.63) is 29.1 Å². The molecule has 132 valence electrons. The van der Waals surface area contributed by atoms with E-state index in [1.165, 1.54) is 18.9 Å². The maximum absolute atomic E-state index is 12.6. The number of carboxylic acid groups (broad SMARTS) is 1. The van der Waals surface area contributed by atoms with E-state index in [1.54, 1.807) is 0 Å². The van der Waals surface area contributed by atoms with Crippen molar-refractivity contribution in [3.63, 3.8) is 0 Å². The number of alkyl halides is 3. The van der Waals surface area contributed by atoms with Crippen LogP contribution in [0.5, 0.6) is 0 Å². The first-order chi connectivity index (χ1) is 11.1. The molecule has 6 nitrogen and oxygen atoms in total. The molecule has 1 saturated heterocycles. The topological polar surface area (TPSA) is 79.7 Å². The molecular formula is C15H17F3N2O4. The lowest BCUT2D eigenvalue weighted by Gasteiger charge is -2.24. The number of carbonyl (C=O) groups is 2. The van der Waals surface area contributed by atoms with Gasteiger partial charge in [-0.15, -0.1) is 0 Å². The highest BCUT2D eigenvalue weighted by Gasteiger charge is 2.46. The molecule has 0 bridgehead atoms. The molecule has 1 aliphatic heterocycles. The number of halogens is 3. The summed E-state index contributed by atoms with van der Waals surface area (Å²) >= 11 is 0. The third-order valence-corrected chi connectivity index (χ3v) is 4.12. The number of aromatic nitrogens is 1. The number of amides is 1. The summed E-state index contributed by atoms with van der Waals surface area (Å²) in [6, 6.07) is 1.82. The zero-order valence-corrected chi connectivity index (χ0v) is 13.2. The number of nitrogens with zero attached hydrogens (tertiary/aromatic N) is 2. The van der Waals surface area contributed by atoms with Crippen molar-refractivity contribution >= 4 is 11.9 Å². The molecule has 2 rings (SSSR count). The Morgan fingerprint density at radius 3 is 2.58 bits per heavy atom. The summed E-state index contributed by atoms with van der Waals surface area (Å²) in [7, 11) is 1.37. The van der Waals surface area contributed by atoms with Crippen LogP contribution in [-0.4, -0.2) is 53.7 Å².